The second-order valence-corrected chi connectivity index (χ2v) is 22.2. The Morgan fingerprint density at radius 2 is 1.44 bits per heavy atom. The number of aryl methyl sites for hydroxylation is 1. The predicted molar refractivity (Wildman–Crippen MR) is 269 cm³/mol. The molecule has 7 aliphatic rings. The van der Waals surface area contributed by atoms with E-state index in [9.17, 15) is 19.2 Å². The molecule has 4 saturated heterocycles. The molecule has 2 saturated carbocycles. The lowest BCUT2D eigenvalue weighted by molar-refractivity contribution is -0.137. The first kappa shape index (κ1) is 48.9. The number of piperidine rings is 2. The zero-order valence-electron chi connectivity index (χ0n) is 41.2. The molecule has 70 heavy (non-hydrogen) atoms. The topological polar surface area (TPSA) is 126 Å². The van der Waals surface area contributed by atoms with Gasteiger partial charge in [-0.1, -0.05) is 62.1 Å². The molecule has 1 N–H and O–H groups in total. The molecule has 4 aliphatic heterocycles. The maximum atomic E-state index is 16.4. The number of anilines is 1. The summed E-state index contributed by atoms with van der Waals surface area (Å²) in [4.78, 5) is 78.3. The van der Waals surface area contributed by atoms with Gasteiger partial charge in [0.15, 0.2) is 0 Å². The van der Waals surface area contributed by atoms with Crippen molar-refractivity contribution in [1.29, 1.82) is 0 Å². The minimum Gasteiger partial charge on any atom is -0.353 e. The number of benzene rings is 2. The lowest BCUT2D eigenvalue weighted by Gasteiger charge is -2.41. The fourth-order valence-electron chi connectivity index (χ4n) is 12.7. The van der Waals surface area contributed by atoms with Crippen LogP contribution in [0.1, 0.15) is 134 Å². The highest BCUT2D eigenvalue weighted by atomic mass is 35.5. The van der Waals surface area contributed by atoms with E-state index < -0.39 is 17.8 Å². The van der Waals surface area contributed by atoms with Gasteiger partial charge in [0, 0.05) is 107 Å². The quantitative estimate of drug-likeness (QED) is 0.191. The van der Waals surface area contributed by atoms with Crippen LogP contribution in [-0.2, 0) is 20.8 Å². The number of carbonyl (C=O) groups is 4. The van der Waals surface area contributed by atoms with E-state index in [1.165, 1.54) is 17.3 Å². The Morgan fingerprint density at radius 1 is 0.729 bits per heavy atom. The summed E-state index contributed by atoms with van der Waals surface area (Å²) in [6, 6.07) is 12.1. The van der Waals surface area contributed by atoms with E-state index in [2.05, 4.69) is 31.9 Å². The van der Waals surface area contributed by atoms with Crippen molar-refractivity contribution in [1.82, 2.24) is 39.8 Å². The van der Waals surface area contributed by atoms with Crippen LogP contribution in [0.25, 0.3) is 0 Å². The van der Waals surface area contributed by atoms with Gasteiger partial charge in [-0.25, -0.2) is 14.4 Å². The van der Waals surface area contributed by atoms with Crippen LogP contribution in [0, 0.1) is 23.6 Å². The molecule has 4 atom stereocenters. The average molecular weight is 979 g/mol. The molecular formula is C55H73ClFN9O4. The summed E-state index contributed by atoms with van der Waals surface area (Å²) in [7, 11) is 0. The first-order chi connectivity index (χ1) is 34.1. The van der Waals surface area contributed by atoms with Crippen molar-refractivity contribution in [3.05, 3.63) is 87.6 Å². The second kappa shape index (κ2) is 22.0. The van der Waals surface area contributed by atoms with E-state index in [1.807, 2.05) is 39.0 Å². The summed E-state index contributed by atoms with van der Waals surface area (Å²) in [6.45, 7) is 12.5. The fourth-order valence-corrected chi connectivity index (χ4v) is 12.8. The van der Waals surface area contributed by atoms with Crippen LogP contribution >= 0.6 is 11.6 Å². The Bertz CT molecular complexity index is 2340. The van der Waals surface area contributed by atoms with E-state index >= 15 is 4.39 Å². The minimum atomic E-state index is -0.699. The number of rotatable bonds is 13. The number of likely N-dealkylation sites (tertiary alicyclic amines) is 2. The third-order valence-electron chi connectivity index (χ3n) is 17.1. The molecule has 3 aliphatic carbocycles. The molecule has 0 spiro atoms. The van der Waals surface area contributed by atoms with Crippen molar-refractivity contribution in [2.45, 2.75) is 114 Å². The number of nitrogens with zero attached hydrogens (tertiary/aromatic N) is 8. The Kier molecular flexibility index (Phi) is 15.4. The van der Waals surface area contributed by atoms with Gasteiger partial charge in [0.1, 0.15) is 24.0 Å². The lowest BCUT2D eigenvalue weighted by Crippen LogP contribution is -2.57. The highest BCUT2D eigenvalue weighted by Gasteiger charge is 2.39. The van der Waals surface area contributed by atoms with Crippen molar-refractivity contribution < 1.29 is 23.6 Å². The number of amides is 4. The molecular weight excluding hydrogens is 905 g/mol. The predicted octanol–water partition coefficient (Wildman–Crippen LogP) is 7.10. The summed E-state index contributed by atoms with van der Waals surface area (Å²) >= 11 is 6.33. The first-order valence-corrected chi connectivity index (χ1v) is 27.2. The molecule has 13 nitrogen and oxygen atoms in total. The van der Waals surface area contributed by atoms with Gasteiger partial charge in [0.2, 0.25) is 17.7 Å². The number of piperazine rings is 2. The standard InChI is InChI=1S/C55H73ClFN9O4/c1-37-12-19-47-48(37)51(59-36-58-47)63-29-31-64(32-30-63)54(69)46(39-15-17-43(56)18-16-39)35-61-23-20-38(21-24-61)33-62-25-27-65(28-26-62)55(70)50(40-7-3-2-4-8-40)60-52(67)45-11-5-10-44(49(45)57)42-9-6-22-66(34-42)53(68)41-13-14-41/h5,10-11,15-18,36-38,40-42,46,50H,2-4,6-9,12-14,19-35H2,1H3,(H,60,67). The Labute approximate surface area is 418 Å². The summed E-state index contributed by atoms with van der Waals surface area (Å²) in [5, 5.41) is 3.75. The third kappa shape index (κ3) is 11.0. The number of halogens is 2. The summed E-state index contributed by atoms with van der Waals surface area (Å²) in [5.41, 5.74) is 3.92. The van der Waals surface area contributed by atoms with Gasteiger partial charge >= 0.3 is 0 Å². The maximum absolute atomic E-state index is 16.4. The number of hydrogen-bond acceptors (Lipinski definition) is 9. The van der Waals surface area contributed by atoms with Gasteiger partial charge in [0.25, 0.3) is 5.91 Å². The molecule has 10 rings (SSSR count). The number of fused-ring (bicyclic) bond motifs is 1. The number of carbonyl (C=O) groups excluding carboxylic acids is 4. The lowest BCUT2D eigenvalue weighted by atomic mass is 9.83. The number of aromatic nitrogens is 2. The molecule has 6 fully saturated rings. The zero-order valence-corrected chi connectivity index (χ0v) is 42.0. The Morgan fingerprint density at radius 3 is 2.17 bits per heavy atom. The SMILES string of the molecule is CC1CCc2ncnc(N3CCN(C(=O)C(CN4CCC(CN5CCN(C(=O)C(NC(=O)c6cccc(C7CCCN(C(=O)C8CC8)C7)c6F)C6CCCCC6)CC5)CC4)c4ccc(Cl)cc4)CC3)c21. The molecule has 0 radical (unpaired) electrons. The summed E-state index contributed by atoms with van der Waals surface area (Å²) in [6.07, 6.45) is 14.2. The van der Waals surface area contributed by atoms with Crippen molar-refractivity contribution in [3.8, 4) is 0 Å². The molecule has 2 aromatic carbocycles. The van der Waals surface area contributed by atoms with Crippen LogP contribution in [0.5, 0.6) is 0 Å². The molecule has 4 amide bonds. The minimum absolute atomic E-state index is 0.0134. The van der Waals surface area contributed by atoms with Crippen molar-refractivity contribution in [2.75, 3.05) is 96.5 Å². The van der Waals surface area contributed by atoms with Crippen molar-refractivity contribution in [3.63, 3.8) is 0 Å². The average Bonchev–Trinajstić information content (AvgIpc) is 4.19. The van der Waals surface area contributed by atoms with Crippen LogP contribution in [0.3, 0.4) is 0 Å². The molecule has 15 heteroatoms. The van der Waals surface area contributed by atoms with Crippen molar-refractivity contribution in [2.24, 2.45) is 17.8 Å². The molecule has 4 unspecified atom stereocenters. The largest absolute Gasteiger partial charge is 0.353 e. The van der Waals surface area contributed by atoms with Crippen LogP contribution in [-0.4, -0.2) is 156 Å². The first-order valence-electron chi connectivity index (χ1n) is 26.8. The summed E-state index contributed by atoms with van der Waals surface area (Å²) < 4.78 is 16.4. The van der Waals surface area contributed by atoms with Crippen LogP contribution in [0.15, 0.2) is 48.8 Å². The van der Waals surface area contributed by atoms with Crippen LogP contribution in [0.2, 0.25) is 5.02 Å². The number of nitrogens with one attached hydrogen (secondary N) is 1. The smallest absolute Gasteiger partial charge is 0.254 e. The van der Waals surface area contributed by atoms with Crippen LogP contribution in [0.4, 0.5) is 10.2 Å². The Balaban J connectivity index is 0.714. The van der Waals surface area contributed by atoms with Crippen LogP contribution < -0.4 is 10.2 Å². The summed E-state index contributed by atoms with van der Waals surface area (Å²) in [5.74, 6) is 0.948. The second-order valence-electron chi connectivity index (χ2n) is 21.7. The number of hydrogen-bond donors (Lipinski definition) is 1. The van der Waals surface area contributed by atoms with Gasteiger partial charge in [-0.2, -0.15) is 0 Å². The normalized spacial score (nSPS) is 24.0. The highest BCUT2D eigenvalue weighted by Crippen LogP contribution is 2.39. The van der Waals surface area contributed by atoms with E-state index in [0.717, 1.165) is 141 Å². The van der Waals surface area contributed by atoms with E-state index in [0.29, 0.717) is 68.2 Å². The van der Waals surface area contributed by atoms with Gasteiger partial charge in [-0.3, -0.25) is 24.1 Å². The third-order valence-corrected chi connectivity index (χ3v) is 17.4. The zero-order chi connectivity index (χ0) is 48.3. The van der Waals surface area contributed by atoms with E-state index in [1.54, 1.807) is 18.5 Å². The molecule has 0 bridgehead atoms. The molecule has 1 aromatic heterocycles. The van der Waals surface area contributed by atoms with Gasteiger partial charge in [-0.05, 0) is 124 Å². The van der Waals surface area contributed by atoms with E-state index in [4.69, 9.17) is 16.6 Å². The maximum Gasteiger partial charge on any atom is 0.254 e. The van der Waals surface area contributed by atoms with Gasteiger partial charge in [-0.15, -0.1) is 0 Å². The van der Waals surface area contributed by atoms with Crippen molar-refractivity contribution >= 4 is 41.0 Å². The van der Waals surface area contributed by atoms with Gasteiger partial charge in [0.05, 0.1) is 11.5 Å². The van der Waals surface area contributed by atoms with E-state index in [-0.39, 0.29) is 47.0 Å². The molecule has 376 valence electrons. The Hall–Kier alpha value is -4.66. The monoisotopic (exact) mass is 978 g/mol. The fraction of sp³-hybridized carbons (Fsp3) is 0.636. The highest BCUT2D eigenvalue weighted by molar-refractivity contribution is 6.30. The molecule has 5 heterocycles. The molecule has 3 aromatic rings. The van der Waals surface area contributed by atoms with Gasteiger partial charge < -0.3 is 29.8 Å².